The first kappa shape index (κ1) is 48.3. The first-order valence-electron chi connectivity index (χ1n) is 24.4. The monoisotopic (exact) mass is 992 g/mol. The molecule has 0 aromatic heterocycles. The van der Waals surface area contributed by atoms with E-state index in [2.05, 4.69) is 36.8 Å². The standard InChI is InChI=1S/C55H54ClFN8O7/c1-30-14-19-39-42(26-30)60-53(71)55(39)45(37-11-7-12-40(56)46(37)57)47(62-54(55)22-5-4-6-23-54)51(69)59-34-17-15-33(16-18-34)49(67)58-24-9-25-72-48-31(2)27-35(28-32(48)3)63-64-41-13-8-10-36-38(41)29-65(52(36)70)43-20-21-44(66)61-50(43)68/h7-8,10-19,26-28,43,45,47,62H,4-6,9,20-25,29H2,1-3H3,(H,58,67)(H,59,69)(H,60,71)(H,61,66,68)/t43?,45-,47+,55+/m0/s1. The van der Waals surface area contributed by atoms with Gasteiger partial charge in [-0.3, -0.25) is 39.4 Å². The van der Waals surface area contributed by atoms with Crippen molar-refractivity contribution in [3.8, 4) is 5.75 Å². The summed E-state index contributed by atoms with van der Waals surface area (Å²) in [5, 5.41) is 23.9. The fourth-order valence-corrected chi connectivity index (χ4v) is 12.0. The maximum absolute atomic E-state index is 16.3. The summed E-state index contributed by atoms with van der Waals surface area (Å²) in [4.78, 5) is 81.5. The zero-order chi connectivity index (χ0) is 50.5. The van der Waals surface area contributed by atoms with Gasteiger partial charge in [0.05, 0.1) is 29.0 Å². The van der Waals surface area contributed by atoms with Gasteiger partial charge in [0.15, 0.2) is 0 Å². The highest BCUT2D eigenvalue weighted by Gasteiger charge is 2.72. The molecule has 1 aliphatic carbocycles. The highest BCUT2D eigenvalue weighted by atomic mass is 35.5. The van der Waals surface area contributed by atoms with Crippen molar-refractivity contribution in [2.75, 3.05) is 23.8 Å². The fraction of sp³-hybridized carbons (Fsp3) is 0.345. The summed E-state index contributed by atoms with van der Waals surface area (Å²) in [6.07, 6.45) is 4.85. The predicted molar refractivity (Wildman–Crippen MR) is 268 cm³/mol. The second kappa shape index (κ2) is 19.4. The zero-order valence-corrected chi connectivity index (χ0v) is 40.9. The number of piperidine rings is 1. The predicted octanol–water partition coefficient (Wildman–Crippen LogP) is 9.07. The Hall–Kier alpha value is -7.30. The summed E-state index contributed by atoms with van der Waals surface area (Å²) < 4.78 is 22.5. The number of fused-ring (bicyclic) bond motifs is 4. The number of carbonyl (C=O) groups excluding carboxylic acids is 6. The van der Waals surface area contributed by atoms with Crippen LogP contribution in [0.2, 0.25) is 5.02 Å². The molecule has 5 aromatic carbocycles. The van der Waals surface area contributed by atoms with Gasteiger partial charge in [-0.2, -0.15) is 10.2 Å². The van der Waals surface area contributed by atoms with Crippen LogP contribution in [0.15, 0.2) is 101 Å². The van der Waals surface area contributed by atoms with Crippen molar-refractivity contribution in [1.29, 1.82) is 0 Å². The van der Waals surface area contributed by atoms with E-state index in [1.165, 1.54) is 11.0 Å². The number of hydrogen-bond donors (Lipinski definition) is 5. The number of aryl methyl sites for hydroxylation is 3. The molecule has 5 aliphatic rings. The van der Waals surface area contributed by atoms with E-state index in [9.17, 15) is 28.8 Å². The first-order valence-corrected chi connectivity index (χ1v) is 24.8. The number of ether oxygens (including phenoxy) is 1. The molecule has 4 aliphatic heterocycles. The van der Waals surface area contributed by atoms with Gasteiger partial charge in [-0.1, -0.05) is 61.2 Å². The molecule has 4 atom stereocenters. The fourth-order valence-electron chi connectivity index (χ4n) is 11.8. The number of halogens is 2. The number of nitrogens with one attached hydrogen (secondary N) is 5. The Morgan fingerprint density at radius 1 is 0.889 bits per heavy atom. The quantitative estimate of drug-likeness (QED) is 0.0463. The molecular weight excluding hydrogens is 939 g/mol. The van der Waals surface area contributed by atoms with Gasteiger partial charge in [-0.25, -0.2) is 4.39 Å². The van der Waals surface area contributed by atoms with Crippen LogP contribution in [0.25, 0.3) is 0 Å². The minimum Gasteiger partial charge on any atom is -0.493 e. The van der Waals surface area contributed by atoms with E-state index in [0.717, 1.165) is 41.5 Å². The van der Waals surface area contributed by atoms with Crippen molar-refractivity contribution >= 4 is 69.8 Å². The van der Waals surface area contributed by atoms with Crippen molar-refractivity contribution in [2.24, 2.45) is 10.2 Å². The smallest absolute Gasteiger partial charge is 0.255 e. The first-order chi connectivity index (χ1) is 34.7. The van der Waals surface area contributed by atoms with Gasteiger partial charge >= 0.3 is 0 Å². The molecule has 2 saturated heterocycles. The molecule has 3 fully saturated rings. The summed E-state index contributed by atoms with van der Waals surface area (Å²) >= 11 is 6.41. The molecule has 17 heteroatoms. The van der Waals surface area contributed by atoms with Gasteiger partial charge in [0, 0.05) is 59.0 Å². The minimum absolute atomic E-state index is 0.0921. The van der Waals surface area contributed by atoms with Crippen molar-refractivity contribution in [3.05, 3.63) is 146 Å². The van der Waals surface area contributed by atoms with Gasteiger partial charge in [-0.15, -0.1) is 0 Å². The Bertz CT molecular complexity index is 3080. The van der Waals surface area contributed by atoms with E-state index >= 15 is 4.39 Å². The van der Waals surface area contributed by atoms with E-state index in [4.69, 9.17) is 16.3 Å². The number of hydrogen-bond acceptors (Lipinski definition) is 10. The molecule has 5 aromatic rings. The number of anilines is 2. The maximum atomic E-state index is 16.3. The molecular formula is C55H54ClFN8O7. The number of nitrogens with zero attached hydrogens (tertiary/aromatic N) is 3. The molecule has 1 unspecified atom stereocenters. The lowest BCUT2D eigenvalue weighted by Gasteiger charge is -2.47. The topological polar surface area (TPSA) is 200 Å². The normalized spacial score (nSPS) is 22.0. The van der Waals surface area contributed by atoms with Crippen LogP contribution in [0, 0.1) is 26.6 Å². The van der Waals surface area contributed by atoms with E-state index in [0.29, 0.717) is 77.6 Å². The van der Waals surface area contributed by atoms with Crippen LogP contribution in [0.5, 0.6) is 5.75 Å². The number of rotatable bonds is 12. The Balaban J connectivity index is 0.759. The molecule has 72 heavy (non-hydrogen) atoms. The molecule has 2 spiro atoms. The maximum Gasteiger partial charge on any atom is 0.255 e. The number of benzene rings is 5. The second-order valence-corrected chi connectivity index (χ2v) is 19.9. The number of amides is 6. The van der Waals surface area contributed by atoms with E-state index in [1.54, 1.807) is 54.6 Å². The van der Waals surface area contributed by atoms with Crippen molar-refractivity contribution in [2.45, 2.75) is 108 Å². The van der Waals surface area contributed by atoms with Crippen molar-refractivity contribution in [3.63, 3.8) is 0 Å². The number of imide groups is 1. The van der Waals surface area contributed by atoms with Crippen LogP contribution in [0.3, 0.4) is 0 Å². The lowest BCUT2D eigenvalue weighted by Crippen LogP contribution is -2.60. The van der Waals surface area contributed by atoms with Crippen LogP contribution in [-0.2, 0) is 31.1 Å². The molecule has 0 bridgehead atoms. The molecule has 1 saturated carbocycles. The molecule has 10 rings (SSSR count). The summed E-state index contributed by atoms with van der Waals surface area (Å²) in [5.74, 6) is -3.03. The van der Waals surface area contributed by atoms with Gasteiger partial charge in [0.2, 0.25) is 23.6 Å². The summed E-state index contributed by atoms with van der Waals surface area (Å²) in [6, 6.07) is 24.2. The minimum atomic E-state index is -1.31. The Labute approximate surface area is 420 Å². The molecule has 6 amide bonds. The van der Waals surface area contributed by atoms with Crippen molar-refractivity contribution in [1.82, 2.24) is 20.9 Å². The highest BCUT2D eigenvalue weighted by molar-refractivity contribution is 6.30. The van der Waals surface area contributed by atoms with Gasteiger partial charge in [-0.05, 0) is 135 Å². The lowest BCUT2D eigenvalue weighted by atomic mass is 9.55. The molecule has 15 nitrogen and oxygen atoms in total. The second-order valence-electron chi connectivity index (χ2n) is 19.5. The van der Waals surface area contributed by atoms with Crippen LogP contribution in [0.4, 0.5) is 27.1 Å². The lowest BCUT2D eigenvalue weighted by molar-refractivity contribution is -0.137. The average molecular weight is 994 g/mol. The Morgan fingerprint density at radius 2 is 1.64 bits per heavy atom. The largest absolute Gasteiger partial charge is 0.493 e. The van der Waals surface area contributed by atoms with Crippen molar-refractivity contribution < 1.29 is 37.9 Å². The highest BCUT2D eigenvalue weighted by Crippen LogP contribution is 2.62. The molecule has 0 radical (unpaired) electrons. The van der Waals surface area contributed by atoms with E-state index in [1.807, 2.05) is 51.1 Å². The van der Waals surface area contributed by atoms with E-state index < -0.39 is 46.6 Å². The molecule has 4 heterocycles. The van der Waals surface area contributed by atoms with Crippen LogP contribution in [-0.4, -0.2) is 71.1 Å². The van der Waals surface area contributed by atoms with E-state index in [-0.39, 0.29) is 53.6 Å². The third kappa shape index (κ3) is 8.49. The van der Waals surface area contributed by atoms with Gasteiger partial charge in [0.25, 0.3) is 11.8 Å². The molecule has 370 valence electrons. The summed E-state index contributed by atoms with van der Waals surface area (Å²) in [5.41, 5.74) is 5.13. The van der Waals surface area contributed by atoms with Gasteiger partial charge in [0.1, 0.15) is 23.0 Å². The number of azo groups is 1. The Morgan fingerprint density at radius 3 is 2.39 bits per heavy atom. The van der Waals surface area contributed by atoms with Crippen LogP contribution >= 0.6 is 11.6 Å². The molecule has 5 N–H and O–H groups in total. The zero-order valence-electron chi connectivity index (χ0n) is 40.1. The summed E-state index contributed by atoms with van der Waals surface area (Å²) in [6.45, 7) is 6.61. The van der Waals surface area contributed by atoms with Gasteiger partial charge < -0.3 is 25.6 Å². The average Bonchev–Trinajstić information content (AvgIpc) is 3.96. The Kier molecular flexibility index (Phi) is 13.0. The third-order valence-corrected chi connectivity index (χ3v) is 15.3. The number of carbonyl (C=O) groups is 6. The SMILES string of the molecule is Cc1ccc2c(c1)NC(=O)[C@]21[C@@H](c2cccc(Cl)c2F)[C@H](C(=O)Nc2ccc(C(=O)NCCCOc3c(C)cc(N=Nc4cccc5c4CN(C4CCC(=O)NC4=O)C5=O)cc3C)cc2)NC12CCCCC2. The van der Waals surface area contributed by atoms with Crippen LogP contribution < -0.4 is 31.3 Å². The van der Waals surface area contributed by atoms with Crippen LogP contribution in [0.1, 0.15) is 111 Å². The summed E-state index contributed by atoms with van der Waals surface area (Å²) in [7, 11) is 0. The third-order valence-electron chi connectivity index (χ3n) is 15.0.